The van der Waals surface area contributed by atoms with Crippen molar-refractivity contribution in [3.8, 4) is 0 Å². The number of aryl methyl sites for hydroxylation is 1. The Bertz CT molecular complexity index is 940. The summed E-state index contributed by atoms with van der Waals surface area (Å²) in [5.41, 5.74) is 3.82. The molecule has 2 amide bonds. The van der Waals surface area contributed by atoms with Crippen molar-refractivity contribution in [2.75, 3.05) is 13.1 Å². The van der Waals surface area contributed by atoms with Gasteiger partial charge in [0.1, 0.15) is 5.70 Å². The van der Waals surface area contributed by atoms with E-state index in [1.807, 2.05) is 80.3 Å². The third-order valence-electron chi connectivity index (χ3n) is 5.40. The van der Waals surface area contributed by atoms with Crippen molar-refractivity contribution in [2.45, 2.75) is 39.5 Å². The summed E-state index contributed by atoms with van der Waals surface area (Å²) in [6.07, 6.45) is -0.00631. The topological polar surface area (TPSA) is 49.9 Å². The van der Waals surface area contributed by atoms with Gasteiger partial charge in [-0.2, -0.15) is 0 Å². The monoisotopic (exact) mass is 390 g/mol. The Hall–Kier alpha value is -2.92. The SMILES string of the molecule is Cc1ccc(C2=C(N3CC(C)OC(C)C3)C(=O)N(Cc3ccccc3)C2=O)cc1. The van der Waals surface area contributed by atoms with Gasteiger partial charge in [-0.05, 0) is 31.9 Å². The molecule has 0 N–H and O–H groups in total. The zero-order chi connectivity index (χ0) is 20.5. The molecule has 5 nitrogen and oxygen atoms in total. The number of ether oxygens (including phenoxy) is 1. The zero-order valence-corrected chi connectivity index (χ0v) is 17.1. The highest BCUT2D eigenvalue weighted by atomic mass is 16.5. The highest BCUT2D eigenvalue weighted by Crippen LogP contribution is 2.34. The fourth-order valence-electron chi connectivity index (χ4n) is 4.11. The van der Waals surface area contributed by atoms with Crippen molar-refractivity contribution in [3.05, 3.63) is 77.0 Å². The number of morpholine rings is 1. The molecule has 2 aromatic rings. The fourth-order valence-corrected chi connectivity index (χ4v) is 4.11. The molecule has 1 saturated heterocycles. The van der Waals surface area contributed by atoms with Crippen molar-refractivity contribution in [3.63, 3.8) is 0 Å². The van der Waals surface area contributed by atoms with E-state index in [1.54, 1.807) is 0 Å². The van der Waals surface area contributed by atoms with Crippen molar-refractivity contribution < 1.29 is 14.3 Å². The first-order valence-corrected chi connectivity index (χ1v) is 10.1. The summed E-state index contributed by atoms with van der Waals surface area (Å²) in [6, 6.07) is 17.4. The molecular weight excluding hydrogens is 364 g/mol. The molecular formula is C24H26N2O3. The molecule has 0 aromatic heterocycles. The third kappa shape index (κ3) is 3.83. The zero-order valence-electron chi connectivity index (χ0n) is 17.1. The lowest BCUT2D eigenvalue weighted by Gasteiger charge is -2.37. The summed E-state index contributed by atoms with van der Waals surface area (Å²) in [6.45, 7) is 7.45. The molecule has 4 rings (SSSR count). The molecule has 2 heterocycles. The van der Waals surface area contributed by atoms with Crippen LogP contribution < -0.4 is 0 Å². The van der Waals surface area contributed by atoms with Crippen LogP contribution in [0.1, 0.15) is 30.5 Å². The highest BCUT2D eigenvalue weighted by Gasteiger charge is 2.42. The lowest BCUT2D eigenvalue weighted by atomic mass is 10.0. The van der Waals surface area contributed by atoms with E-state index in [0.717, 1.165) is 16.7 Å². The summed E-state index contributed by atoms with van der Waals surface area (Å²) >= 11 is 0. The maximum absolute atomic E-state index is 13.4. The van der Waals surface area contributed by atoms with Gasteiger partial charge in [-0.15, -0.1) is 0 Å². The van der Waals surface area contributed by atoms with Gasteiger partial charge >= 0.3 is 0 Å². The Morgan fingerprint density at radius 1 is 0.897 bits per heavy atom. The molecule has 0 radical (unpaired) electrons. The van der Waals surface area contributed by atoms with Gasteiger partial charge in [0.15, 0.2) is 0 Å². The number of hydrogen-bond acceptors (Lipinski definition) is 4. The first-order chi connectivity index (χ1) is 13.9. The average molecular weight is 390 g/mol. The average Bonchev–Trinajstić information content (AvgIpc) is 2.93. The molecule has 1 fully saturated rings. The number of rotatable bonds is 4. The van der Waals surface area contributed by atoms with E-state index in [2.05, 4.69) is 0 Å². The van der Waals surface area contributed by atoms with Crippen LogP contribution in [-0.2, 0) is 20.9 Å². The molecule has 2 aliphatic heterocycles. The van der Waals surface area contributed by atoms with Gasteiger partial charge < -0.3 is 9.64 Å². The first kappa shape index (κ1) is 19.4. The molecule has 2 aliphatic rings. The predicted octanol–water partition coefficient (Wildman–Crippen LogP) is 3.38. The number of imide groups is 1. The summed E-state index contributed by atoms with van der Waals surface area (Å²) in [7, 11) is 0. The van der Waals surface area contributed by atoms with Crippen LogP contribution in [0.2, 0.25) is 0 Å². The second kappa shape index (κ2) is 7.84. The van der Waals surface area contributed by atoms with E-state index in [1.165, 1.54) is 4.90 Å². The Morgan fingerprint density at radius 3 is 2.14 bits per heavy atom. The van der Waals surface area contributed by atoms with Crippen LogP contribution in [-0.4, -0.2) is 46.9 Å². The Labute approximate surface area is 171 Å². The van der Waals surface area contributed by atoms with Crippen LogP contribution in [0.3, 0.4) is 0 Å². The van der Waals surface area contributed by atoms with Gasteiger partial charge in [-0.3, -0.25) is 14.5 Å². The van der Waals surface area contributed by atoms with Crippen LogP contribution >= 0.6 is 0 Å². The first-order valence-electron chi connectivity index (χ1n) is 10.1. The lowest BCUT2D eigenvalue weighted by Crippen LogP contribution is -2.46. The minimum absolute atomic E-state index is 0.00315. The molecule has 0 saturated carbocycles. The van der Waals surface area contributed by atoms with E-state index >= 15 is 0 Å². The van der Waals surface area contributed by atoms with Gasteiger partial charge in [0.05, 0.1) is 24.3 Å². The molecule has 29 heavy (non-hydrogen) atoms. The summed E-state index contributed by atoms with van der Waals surface area (Å²) in [5, 5.41) is 0. The van der Waals surface area contributed by atoms with Gasteiger partial charge in [0, 0.05) is 13.1 Å². The largest absolute Gasteiger partial charge is 0.372 e. The van der Waals surface area contributed by atoms with Gasteiger partial charge in [0.25, 0.3) is 11.8 Å². The molecule has 0 bridgehead atoms. The second-order valence-corrected chi connectivity index (χ2v) is 7.93. The predicted molar refractivity (Wildman–Crippen MR) is 112 cm³/mol. The smallest absolute Gasteiger partial charge is 0.278 e. The maximum atomic E-state index is 13.4. The Kier molecular flexibility index (Phi) is 5.24. The van der Waals surface area contributed by atoms with E-state index in [-0.39, 0.29) is 30.6 Å². The summed E-state index contributed by atoms with van der Waals surface area (Å²) < 4.78 is 5.84. The van der Waals surface area contributed by atoms with Gasteiger partial charge in [0.2, 0.25) is 0 Å². The van der Waals surface area contributed by atoms with Gasteiger partial charge in [-0.1, -0.05) is 60.2 Å². The van der Waals surface area contributed by atoms with E-state index in [4.69, 9.17) is 4.74 Å². The minimum atomic E-state index is -0.232. The van der Waals surface area contributed by atoms with Crippen LogP contribution in [0.15, 0.2) is 60.3 Å². The van der Waals surface area contributed by atoms with Crippen molar-refractivity contribution in [1.29, 1.82) is 0 Å². The molecule has 2 aromatic carbocycles. The number of nitrogens with zero attached hydrogens (tertiary/aromatic N) is 2. The number of benzene rings is 2. The van der Waals surface area contributed by atoms with Gasteiger partial charge in [-0.25, -0.2) is 0 Å². The Morgan fingerprint density at radius 2 is 1.52 bits per heavy atom. The van der Waals surface area contributed by atoms with Crippen molar-refractivity contribution >= 4 is 17.4 Å². The number of hydrogen-bond donors (Lipinski definition) is 0. The molecule has 150 valence electrons. The highest BCUT2D eigenvalue weighted by molar-refractivity contribution is 6.35. The van der Waals surface area contributed by atoms with Crippen LogP contribution in [0.5, 0.6) is 0 Å². The van der Waals surface area contributed by atoms with Crippen LogP contribution in [0.25, 0.3) is 5.57 Å². The molecule has 2 atom stereocenters. The molecule has 5 heteroatoms. The lowest BCUT2D eigenvalue weighted by molar-refractivity contribution is -0.139. The summed E-state index contributed by atoms with van der Waals surface area (Å²) in [4.78, 5) is 30.3. The number of carbonyl (C=O) groups excluding carboxylic acids is 2. The number of carbonyl (C=O) groups is 2. The van der Waals surface area contributed by atoms with Crippen molar-refractivity contribution in [1.82, 2.24) is 9.80 Å². The standard InChI is InChI=1S/C24H26N2O3/c1-16-9-11-20(12-10-16)21-22(25-13-17(2)29-18(3)14-25)24(28)26(23(21)27)15-19-7-5-4-6-8-19/h4-12,17-18H,13-15H2,1-3H3. The fraction of sp³-hybridized carbons (Fsp3) is 0.333. The molecule has 2 unspecified atom stereocenters. The second-order valence-electron chi connectivity index (χ2n) is 7.93. The summed E-state index contributed by atoms with van der Waals surface area (Å²) in [5.74, 6) is -0.458. The van der Waals surface area contributed by atoms with E-state index < -0.39 is 0 Å². The van der Waals surface area contributed by atoms with Crippen LogP contribution in [0, 0.1) is 6.92 Å². The minimum Gasteiger partial charge on any atom is -0.372 e. The van der Waals surface area contributed by atoms with Crippen molar-refractivity contribution in [2.24, 2.45) is 0 Å². The van der Waals surface area contributed by atoms with E-state index in [9.17, 15) is 9.59 Å². The molecule has 0 spiro atoms. The molecule has 0 aliphatic carbocycles. The number of amides is 2. The normalized spacial score (nSPS) is 22.6. The maximum Gasteiger partial charge on any atom is 0.278 e. The quantitative estimate of drug-likeness (QED) is 0.751. The van der Waals surface area contributed by atoms with Crippen LogP contribution in [0.4, 0.5) is 0 Å². The third-order valence-corrected chi connectivity index (χ3v) is 5.40. The Balaban J connectivity index is 1.75. The van der Waals surface area contributed by atoms with E-state index in [0.29, 0.717) is 24.4 Å².